The van der Waals surface area contributed by atoms with Crippen molar-refractivity contribution in [1.29, 1.82) is 0 Å². The first-order chi connectivity index (χ1) is 14.9. The molecule has 2 amide bonds. The molecule has 2 aromatic rings. The van der Waals surface area contributed by atoms with Gasteiger partial charge in [-0.15, -0.1) is 0 Å². The minimum atomic E-state index is -0.903. The lowest BCUT2D eigenvalue weighted by Crippen LogP contribution is -2.47. The molecule has 1 aromatic heterocycles. The van der Waals surface area contributed by atoms with Crippen LogP contribution < -0.4 is 10.6 Å². The van der Waals surface area contributed by atoms with Crippen LogP contribution in [0.4, 0.5) is 4.79 Å². The van der Waals surface area contributed by atoms with Crippen molar-refractivity contribution in [2.45, 2.75) is 78.2 Å². The predicted molar refractivity (Wildman–Crippen MR) is 123 cm³/mol. The minimum absolute atomic E-state index is 0.258. The summed E-state index contributed by atoms with van der Waals surface area (Å²) < 4.78 is 13.0. The van der Waals surface area contributed by atoms with E-state index in [9.17, 15) is 14.4 Å². The van der Waals surface area contributed by atoms with Crippen LogP contribution in [0.25, 0.3) is 10.9 Å². The van der Waals surface area contributed by atoms with Crippen LogP contribution in [-0.2, 0) is 32.0 Å². The number of aryl methyl sites for hydroxylation is 1. The van der Waals surface area contributed by atoms with Crippen molar-refractivity contribution in [2.24, 2.45) is 0 Å². The van der Waals surface area contributed by atoms with Crippen molar-refractivity contribution >= 4 is 29.4 Å². The van der Waals surface area contributed by atoms with Crippen LogP contribution >= 0.6 is 0 Å². The zero-order valence-corrected chi connectivity index (χ0v) is 19.9. The Labute approximate surface area is 189 Å². The molecule has 2 N–H and O–H groups in total. The Balaban J connectivity index is 2.29. The standard InChI is InChI=1S/C24H35N3O5/c1-23(2,3)31-21(29)19(26-22(30)32-24(4,5)6)14-17-15-27(13-9-12-25-16-28)20-11-8-7-10-18(17)20/h7-8,10-11,15-16,19H,9,12-14H2,1-6H3,(H,25,28)(H,26,30). The second kappa shape index (κ2) is 10.5. The lowest BCUT2D eigenvalue weighted by molar-refractivity contribution is -0.157. The Morgan fingerprint density at radius 1 is 1.06 bits per heavy atom. The molecule has 0 fully saturated rings. The summed E-state index contributed by atoms with van der Waals surface area (Å²) in [5.74, 6) is -0.518. The molecule has 176 valence electrons. The largest absolute Gasteiger partial charge is 0.458 e. The molecule has 0 aliphatic heterocycles. The highest BCUT2D eigenvalue weighted by Crippen LogP contribution is 2.24. The molecule has 1 unspecified atom stereocenters. The van der Waals surface area contributed by atoms with Crippen molar-refractivity contribution in [1.82, 2.24) is 15.2 Å². The van der Waals surface area contributed by atoms with Crippen LogP contribution in [-0.4, -0.2) is 46.8 Å². The number of carbonyl (C=O) groups excluding carboxylic acids is 3. The van der Waals surface area contributed by atoms with E-state index in [4.69, 9.17) is 9.47 Å². The van der Waals surface area contributed by atoms with E-state index in [1.165, 1.54) is 0 Å². The highest BCUT2D eigenvalue weighted by Gasteiger charge is 2.29. The van der Waals surface area contributed by atoms with E-state index in [1.807, 2.05) is 30.5 Å². The van der Waals surface area contributed by atoms with Crippen molar-refractivity contribution < 1.29 is 23.9 Å². The summed E-state index contributed by atoms with van der Waals surface area (Å²) >= 11 is 0. The van der Waals surface area contributed by atoms with Gasteiger partial charge in [0, 0.05) is 36.6 Å². The molecule has 0 bridgehead atoms. The molecule has 2 rings (SSSR count). The normalized spacial score (nSPS) is 12.8. The van der Waals surface area contributed by atoms with E-state index in [2.05, 4.69) is 15.2 Å². The van der Waals surface area contributed by atoms with Gasteiger partial charge >= 0.3 is 12.1 Å². The van der Waals surface area contributed by atoms with Gasteiger partial charge < -0.3 is 24.7 Å². The van der Waals surface area contributed by atoms with E-state index in [-0.39, 0.29) is 6.42 Å². The zero-order chi connectivity index (χ0) is 23.9. The van der Waals surface area contributed by atoms with Gasteiger partial charge in [-0.05, 0) is 59.6 Å². The molecule has 1 aromatic carbocycles. The highest BCUT2D eigenvalue weighted by atomic mass is 16.6. The number of alkyl carbamates (subject to hydrolysis) is 1. The van der Waals surface area contributed by atoms with Crippen molar-refractivity contribution in [3.8, 4) is 0 Å². The van der Waals surface area contributed by atoms with E-state index in [1.54, 1.807) is 41.5 Å². The number of ether oxygens (including phenoxy) is 2. The Hall–Kier alpha value is -3.03. The number of nitrogens with one attached hydrogen (secondary N) is 2. The summed E-state index contributed by atoms with van der Waals surface area (Å²) in [6.07, 6.45) is 3.03. The van der Waals surface area contributed by atoms with Crippen LogP contribution in [0.1, 0.15) is 53.5 Å². The molecular weight excluding hydrogens is 410 g/mol. The lowest BCUT2D eigenvalue weighted by Gasteiger charge is -2.26. The SMILES string of the molecule is CC(C)(C)OC(=O)NC(Cc1cn(CCCNC=O)c2ccccc12)C(=O)OC(C)(C)C. The molecular formula is C24H35N3O5. The fourth-order valence-electron chi connectivity index (χ4n) is 3.32. The van der Waals surface area contributed by atoms with Crippen molar-refractivity contribution in [3.63, 3.8) is 0 Å². The van der Waals surface area contributed by atoms with E-state index >= 15 is 0 Å². The van der Waals surface area contributed by atoms with Crippen molar-refractivity contribution in [3.05, 3.63) is 36.0 Å². The fraction of sp³-hybridized carbons (Fsp3) is 0.542. The first-order valence-corrected chi connectivity index (χ1v) is 10.9. The number of nitrogens with zero attached hydrogens (tertiary/aromatic N) is 1. The molecule has 8 nitrogen and oxygen atoms in total. The van der Waals surface area contributed by atoms with Crippen LogP contribution in [0.5, 0.6) is 0 Å². The Bertz CT molecular complexity index is 937. The molecule has 0 spiro atoms. The first-order valence-electron chi connectivity index (χ1n) is 10.9. The zero-order valence-electron chi connectivity index (χ0n) is 19.9. The van der Waals surface area contributed by atoms with Gasteiger partial charge in [-0.2, -0.15) is 0 Å². The number of rotatable bonds is 9. The van der Waals surface area contributed by atoms with Crippen LogP contribution in [0, 0.1) is 0 Å². The average molecular weight is 446 g/mol. The minimum Gasteiger partial charge on any atom is -0.458 e. The van der Waals surface area contributed by atoms with Crippen molar-refractivity contribution in [2.75, 3.05) is 6.54 Å². The smallest absolute Gasteiger partial charge is 0.408 e. The second-order valence-electron chi connectivity index (χ2n) is 9.73. The van der Waals surface area contributed by atoms with Gasteiger partial charge in [0.25, 0.3) is 0 Å². The third kappa shape index (κ3) is 7.90. The number of para-hydroxylation sites is 1. The van der Waals surface area contributed by atoms with Crippen LogP contribution in [0.3, 0.4) is 0 Å². The summed E-state index contributed by atoms with van der Waals surface area (Å²) in [4.78, 5) is 35.8. The molecule has 0 saturated heterocycles. The number of esters is 1. The summed E-state index contributed by atoms with van der Waals surface area (Å²) in [5, 5.41) is 6.35. The van der Waals surface area contributed by atoms with Crippen LogP contribution in [0.15, 0.2) is 30.5 Å². The maximum Gasteiger partial charge on any atom is 0.408 e. The van der Waals surface area contributed by atoms with Gasteiger partial charge in [0.2, 0.25) is 6.41 Å². The summed E-state index contributed by atoms with van der Waals surface area (Å²) in [6.45, 7) is 11.9. The second-order valence-corrected chi connectivity index (χ2v) is 9.73. The summed E-state index contributed by atoms with van der Waals surface area (Å²) in [5.41, 5.74) is 0.559. The summed E-state index contributed by atoms with van der Waals surface area (Å²) in [6, 6.07) is 6.99. The molecule has 1 heterocycles. The van der Waals surface area contributed by atoms with Gasteiger partial charge in [0.15, 0.2) is 0 Å². The predicted octanol–water partition coefficient (Wildman–Crippen LogP) is 3.55. The van der Waals surface area contributed by atoms with Gasteiger partial charge in [-0.3, -0.25) is 4.79 Å². The number of benzene rings is 1. The number of amides is 2. The topological polar surface area (TPSA) is 98.7 Å². The Morgan fingerprint density at radius 3 is 2.34 bits per heavy atom. The summed E-state index contributed by atoms with van der Waals surface area (Å²) in [7, 11) is 0. The number of hydrogen-bond acceptors (Lipinski definition) is 5. The van der Waals surface area contributed by atoms with Gasteiger partial charge in [0.1, 0.15) is 17.2 Å². The van der Waals surface area contributed by atoms with E-state index in [0.717, 1.165) is 22.9 Å². The number of hydrogen-bond donors (Lipinski definition) is 2. The Morgan fingerprint density at radius 2 is 1.72 bits per heavy atom. The molecule has 0 aliphatic rings. The van der Waals surface area contributed by atoms with Gasteiger partial charge in [-0.25, -0.2) is 9.59 Å². The molecule has 1 atom stereocenters. The maximum atomic E-state index is 12.9. The van der Waals surface area contributed by atoms with E-state index < -0.39 is 29.3 Å². The average Bonchev–Trinajstić information content (AvgIpc) is 3.00. The number of carbonyl (C=O) groups is 3. The number of fused-ring (bicyclic) bond motifs is 1. The molecule has 8 heteroatoms. The molecule has 0 radical (unpaired) electrons. The quantitative estimate of drug-likeness (QED) is 0.349. The highest BCUT2D eigenvalue weighted by molar-refractivity contribution is 5.86. The third-order valence-corrected chi connectivity index (χ3v) is 4.48. The van der Waals surface area contributed by atoms with E-state index in [0.29, 0.717) is 19.5 Å². The first kappa shape index (κ1) is 25.2. The lowest BCUT2D eigenvalue weighted by atomic mass is 10.0. The maximum absolute atomic E-state index is 12.9. The fourth-order valence-corrected chi connectivity index (χ4v) is 3.32. The Kier molecular flexibility index (Phi) is 8.30. The van der Waals surface area contributed by atoms with Gasteiger partial charge in [0.05, 0.1) is 0 Å². The van der Waals surface area contributed by atoms with Gasteiger partial charge in [-0.1, -0.05) is 18.2 Å². The third-order valence-electron chi connectivity index (χ3n) is 4.48. The van der Waals surface area contributed by atoms with Crippen LogP contribution in [0.2, 0.25) is 0 Å². The monoisotopic (exact) mass is 445 g/mol. The number of aromatic nitrogens is 1. The molecule has 0 saturated carbocycles. The molecule has 0 aliphatic carbocycles. The molecule has 32 heavy (non-hydrogen) atoms.